The zero-order valence-corrected chi connectivity index (χ0v) is 12.6. The molecular formula is C13H10ClFN3O3S-. The van der Waals surface area contributed by atoms with Crippen LogP contribution in [0.2, 0.25) is 4.47 Å². The van der Waals surface area contributed by atoms with Crippen LogP contribution in [0.3, 0.4) is 0 Å². The molecule has 22 heavy (non-hydrogen) atoms. The number of hydrogen-bond donors (Lipinski definition) is 2. The average molecular weight is 343 g/mol. The van der Waals surface area contributed by atoms with Gasteiger partial charge in [0.1, 0.15) is 17.6 Å². The minimum atomic E-state index is -1.42. The molecule has 6 nitrogen and oxygen atoms in total. The van der Waals surface area contributed by atoms with E-state index in [0.717, 1.165) is 11.3 Å². The smallest absolute Gasteiger partial charge is 0.271 e. The van der Waals surface area contributed by atoms with E-state index in [1.165, 1.54) is 18.2 Å². The first kappa shape index (κ1) is 16.2. The fourth-order valence-corrected chi connectivity index (χ4v) is 2.80. The van der Waals surface area contributed by atoms with Crippen molar-refractivity contribution < 1.29 is 19.1 Å². The first-order chi connectivity index (χ1) is 10.5. The Morgan fingerprint density at radius 1 is 1.32 bits per heavy atom. The number of rotatable bonds is 5. The Kier molecular flexibility index (Phi) is 5.29. The lowest BCUT2D eigenvalue weighted by Gasteiger charge is -2.08. The Morgan fingerprint density at radius 2 is 2.05 bits per heavy atom. The molecule has 9 heteroatoms. The summed E-state index contributed by atoms with van der Waals surface area (Å²) in [7, 11) is 0. The summed E-state index contributed by atoms with van der Waals surface area (Å²) in [4.78, 5) is 26.6. The van der Waals surface area contributed by atoms with Crippen LogP contribution in [0.15, 0.2) is 24.3 Å². The van der Waals surface area contributed by atoms with Gasteiger partial charge in [0.2, 0.25) is 0 Å². The second-order valence-electron chi connectivity index (χ2n) is 4.13. The van der Waals surface area contributed by atoms with E-state index in [1.807, 2.05) is 5.32 Å². The SMILES string of the molecule is O=C([O-])NCCNC(=O)c1nc(Cl)sc1-c1cccc(F)c1. The summed E-state index contributed by atoms with van der Waals surface area (Å²) in [6.07, 6.45) is -1.42. The van der Waals surface area contributed by atoms with Crippen LogP contribution in [0.25, 0.3) is 10.4 Å². The van der Waals surface area contributed by atoms with Crippen molar-refractivity contribution in [1.29, 1.82) is 0 Å². The van der Waals surface area contributed by atoms with E-state index < -0.39 is 17.8 Å². The Bertz CT molecular complexity index is 708. The first-order valence-corrected chi connectivity index (χ1v) is 7.32. The van der Waals surface area contributed by atoms with Gasteiger partial charge in [0.25, 0.3) is 5.91 Å². The maximum Gasteiger partial charge on any atom is 0.271 e. The van der Waals surface area contributed by atoms with E-state index in [1.54, 1.807) is 6.07 Å². The highest BCUT2D eigenvalue weighted by Crippen LogP contribution is 2.33. The molecule has 0 saturated heterocycles. The molecule has 0 radical (unpaired) electrons. The topological polar surface area (TPSA) is 94.1 Å². The van der Waals surface area contributed by atoms with Gasteiger partial charge in [-0.1, -0.05) is 23.7 Å². The third-order valence-corrected chi connectivity index (χ3v) is 3.79. The van der Waals surface area contributed by atoms with E-state index in [2.05, 4.69) is 10.3 Å². The van der Waals surface area contributed by atoms with Gasteiger partial charge in [-0.3, -0.25) is 4.79 Å². The number of nitrogens with one attached hydrogen (secondary N) is 2. The molecule has 2 amide bonds. The molecule has 0 aliphatic rings. The van der Waals surface area contributed by atoms with Crippen LogP contribution >= 0.6 is 22.9 Å². The summed E-state index contributed by atoms with van der Waals surface area (Å²) in [5.41, 5.74) is 0.552. The molecule has 2 rings (SSSR count). The maximum absolute atomic E-state index is 13.3. The lowest BCUT2D eigenvalue weighted by molar-refractivity contribution is -0.250. The zero-order valence-electron chi connectivity index (χ0n) is 11.1. The number of carboxylic acid groups (broad SMARTS) is 1. The Labute approximate surface area is 133 Å². The van der Waals surface area contributed by atoms with Crippen LogP contribution < -0.4 is 15.7 Å². The number of carbonyl (C=O) groups is 2. The second kappa shape index (κ2) is 7.19. The highest BCUT2D eigenvalue weighted by molar-refractivity contribution is 7.19. The molecule has 1 heterocycles. The summed E-state index contributed by atoms with van der Waals surface area (Å²) < 4.78 is 13.4. The van der Waals surface area contributed by atoms with Crippen molar-refractivity contribution in [2.24, 2.45) is 0 Å². The quantitative estimate of drug-likeness (QED) is 0.800. The normalized spacial score (nSPS) is 10.3. The van der Waals surface area contributed by atoms with Gasteiger partial charge in [0.15, 0.2) is 4.47 Å². The van der Waals surface area contributed by atoms with Crippen LogP contribution in [-0.4, -0.2) is 30.1 Å². The summed E-state index contributed by atoms with van der Waals surface area (Å²) >= 11 is 6.89. The van der Waals surface area contributed by atoms with E-state index >= 15 is 0 Å². The van der Waals surface area contributed by atoms with Crippen LogP contribution in [0.1, 0.15) is 10.5 Å². The van der Waals surface area contributed by atoms with E-state index in [4.69, 9.17) is 11.6 Å². The summed E-state index contributed by atoms with van der Waals surface area (Å²) in [5.74, 6) is -0.964. The van der Waals surface area contributed by atoms with Gasteiger partial charge in [-0.05, 0) is 17.7 Å². The molecule has 0 saturated carbocycles. The Hall–Kier alpha value is -2.19. The van der Waals surface area contributed by atoms with Crippen molar-refractivity contribution in [3.63, 3.8) is 0 Å². The number of carbonyl (C=O) groups excluding carboxylic acids is 2. The van der Waals surface area contributed by atoms with Crippen molar-refractivity contribution >= 4 is 34.9 Å². The fourth-order valence-electron chi connectivity index (χ4n) is 1.70. The van der Waals surface area contributed by atoms with Crippen LogP contribution in [-0.2, 0) is 0 Å². The molecule has 0 spiro atoms. The van der Waals surface area contributed by atoms with E-state index in [-0.39, 0.29) is 23.3 Å². The summed E-state index contributed by atoms with van der Waals surface area (Å²) in [6.45, 7) is 0.0613. The van der Waals surface area contributed by atoms with Crippen LogP contribution in [0, 0.1) is 5.82 Å². The van der Waals surface area contributed by atoms with Gasteiger partial charge in [0.05, 0.1) is 4.88 Å². The average Bonchev–Trinajstić information content (AvgIpc) is 2.85. The minimum absolute atomic E-state index is 0.00123. The number of benzene rings is 1. The number of halogens is 2. The molecule has 2 N–H and O–H groups in total. The molecule has 1 aromatic carbocycles. The van der Waals surface area contributed by atoms with Gasteiger partial charge in [-0.15, -0.1) is 11.3 Å². The lowest BCUT2D eigenvalue weighted by Crippen LogP contribution is -2.41. The van der Waals surface area contributed by atoms with Crippen molar-refractivity contribution in [1.82, 2.24) is 15.6 Å². The van der Waals surface area contributed by atoms with Gasteiger partial charge < -0.3 is 20.5 Å². The van der Waals surface area contributed by atoms with Crippen molar-refractivity contribution in [2.45, 2.75) is 0 Å². The Morgan fingerprint density at radius 3 is 2.73 bits per heavy atom. The Balaban J connectivity index is 2.14. The molecule has 1 aromatic heterocycles. The standard InChI is InChI=1S/C13H11ClFN3O3S/c14-12-18-9(11(19)16-4-5-17-13(20)21)10(22-12)7-2-1-3-8(15)6-7/h1-3,6,17H,4-5H2,(H,16,19)(H,20,21)/p-1. The second-order valence-corrected chi connectivity index (χ2v) is 5.71. The molecule has 0 fully saturated rings. The van der Waals surface area contributed by atoms with Gasteiger partial charge in [0, 0.05) is 13.1 Å². The van der Waals surface area contributed by atoms with Gasteiger partial charge >= 0.3 is 0 Å². The van der Waals surface area contributed by atoms with Crippen molar-refractivity contribution in [2.75, 3.05) is 13.1 Å². The molecule has 0 unspecified atom stereocenters. The van der Waals surface area contributed by atoms with E-state index in [9.17, 15) is 19.1 Å². The summed E-state index contributed by atoms with van der Waals surface area (Å²) in [6, 6.07) is 5.72. The number of aromatic nitrogens is 1. The fraction of sp³-hybridized carbons (Fsp3) is 0.154. The zero-order chi connectivity index (χ0) is 16.1. The minimum Gasteiger partial charge on any atom is -0.530 e. The molecule has 116 valence electrons. The third-order valence-electron chi connectivity index (χ3n) is 2.58. The van der Waals surface area contributed by atoms with Crippen molar-refractivity contribution in [3.05, 3.63) is 40.2 Å². The van der Waals surface area contributed by atoms with E-state index in [0.29, 0.717) is 10.4 Å². The maximum atomic E-state index is 13.3. The van der Waals surface area contributed by atoms with Crippen LogP contribution in [0.4, 0.5) is 9.18 Å². The predicted octanol–water partition coefficient (Wildman–Crippen LogP) is 1.27. The highest BCUT2D eigenvalue weighted by atomic mass is 35.5. The predicted molar refractivity (Wildman–Crippen MR) is 78.2 cm³/mol. The lowest BCUT2D eigenvalue weighted by atomic mass is 10.1. The molecule has 0 bridgehead atoms. The van der Waals surface area contributed by atoms with Crippen molar-refractivity contribution in [3.8, 4) is 10.4 Å². The molecule has 0 aliphatic heterocycles. The highest BCUT2D eigenvalue weighted by Gasteiger charge is 2.19. The molecule has 0 aliphatic carbocycles. The molecule has 0 atom stereocenters. The summed E-state index contributed by atoms with van der Waals surface area (Å²) in [5, 5.41) is 14.7. The number of amides is 2. The monoisotopic (exact) mass is 342 g/mol. The third kappa shape index (κ3) is 4.15. The largest absolute Gasteiger partial charge is 0.530 e. The molecular weight excluding hydrogens is 333 g/mol. The number of nitrogens with zero attached hydrogens (tertiary/aromatic N) is 1. The first-order valence-electron chi connectivity index (χ1n) is 6.12. The number of hydrogen-bond acceptors (Lipinski definition) is 5. The molecule has 2 aromatic rings. The number of thiazole rings is 1. The van der Waals surface area contributed by atoms with Gasteiger partial charge in [-0.2, -0.15) is 0 Å². The van der Waals surface area contributed by atoms with Crippen LogP contribution in [0.5, 0.6) is 0 Å². The van der Waals surface area contributed by atoms with Gasteiger partial charge in [-0.25, -0.2) is 9.37 Å².